The smallest absolute Gasteiger partial charge is 0.331 e. The highest BCUT2D eigenvalue weighted by Crippen LogP contribution is 2.10. The fourth-order valence-corrected chi connectivity index (χ4v) is 2.33. The molecule has 80 valence electrons. The van der Waals surface area contributed by atoms with Gasteiger partial charge in [0, 0.05) is 13.2 Å². The van der Waals surface area contributed by atoms with Gasteiger partial charge in [0.1, 0.15) is 0 Å². The summed E-state index contributed by atoms with van der Waals surface area (Å²) in [6.07, 6.45) is 0. The second-order valence-corrected chi connectivity index (χ2v) is 8.19. The Morgan fingerprint density at radius 3 is 1.38 bits per heavy atom. The summed E-state index contributed by atoms with van der Waals surface area (Å²) in [5.41, 5.74) is 0. The van der Waals surface area contributed by atoms with E-state index in [1.807, 2.05) is 0 Å². The predicted octanol–water partition coefficient (Wildman–Crippen LogP) is 3.03. The highest BCUT2D eigenvalue weighted by molar-refractivity contribution is 6.64. The molecule has 0 atom stereocenters. The van der Waals surface area contributed by atoms with E-state index in [0.29, 0.717) is 11.8 Å². The molecule has 0 spiro atoms. The van der Waals surface area contributed by atoms with Crippen molar-refractivity contribution < 1.29 is 8.85 Å². The maximum Gasteiger partial charge on any atom is 0.331 e. The number of rotatable bonds is 6. The molecular weight excluding hydrogens is 180 g/mol. The minimum atomic E-state index is -1.83. The monoisotopic (exact) mass is 204 g/mol. The Morgan fingerprint density at radius 2 is 1.15 bits per heavy atom. The highest BCUT2D eigenvalue weighted by Gasteiger charge is 2.24. The second-order valence-electron chi connectivity index (χ2n) is 4.81. The van der Waals surface area contributed by atoms with Crippen molar-refractivity contribution in [1.82, 2.24) is 0 Å². The van der Waals surface area contributed by atoms with Gasteiger partial charge in [-0.25, -0.2) is 0 Å². The van der Waals surface area contributed by atoms with Crippen molar-refractivity contribution in [3.63, 3.8) is 0 Å². The first-order valence-electron chi connectivity index (χ1n) is 5.11. The number of hydrogen-bond donors (Lipinski definition) is 0. The van der Waals surface area contributed by atoms with Gasteiger partial charge in [-0.1, -0.05) is 27.7 Å². The Morgan fingerprint density at radius 1 is 0.846 bits per heavy atom. The van der Waals surface area contributed by atoms with Gasteiger partial charge in [-0.2, -0.15) is 0 Å². The van der Waals surface area contributed by atoms with E-state index in [-0.39, 0.29) is 0 Å². The van der Waals surface area contributed by atoms with Crippen LogP contribution < -0.4 is 0 Å². The lowest BCUT2D eigenvalue weighted by Gasteiger charge is -2.24. The molecule has 0 amide bonds. The Bertz CT molecular complexity index is 119. The zero-order valence-corrected chi connectivity index (χ0v) is 10.9. The van der Waals surface area contributed by atoms with Crippen LogP contribution in [0.25, 0.3) is 0 Å². The zero-order valence-electron chi connectivity index (χ0n) is 9.89. The molecule has 3 heteroatoms. The molecule has 0 aromatic rings. The first-order valence-corrected chi connectivity index (χ1v) is 7.93. The van der Waals surface area contributed by atoms with E-state index in [1.54, 1.807) is 0 Å². The molecule has 0 unspecified atom stereocenters. The average Bonchev–Trinajstić information content (AvgIpc) is 1.98. The van der Waals surface area contributed by atoms with Crippen LogP contribution in [0.5, 0.6) is 0 Å². The zero-order chi connectivity index (χ0) is 10.5. The molecule has 0 N–H and O–H groups in total. The molecule has 0 radical (unpaired) electrons. The SMILES string of the molecule is CC(C)CO[Si](C)(C)OCC(C)C. The second kappa shape index (κ2) is 5.78. The van der Waals surface area contributed by atoms with E-state index in [1.165, 1.54) is 0 Å². The van der Waals surface area contributed by atoms with Gasteiger partial charge in [-0.15, -0.1) is 0 Å². The van der Waals surface area contributed by atoms with Crippen LogP contribution in [-0.4, -0.2) is 21.8 Å². The fraction of sp³-hybridized carbons (Fsp3) is 1.00. The third-order valence-corrected chi connectivity index (χ3v) is 3.25. The van der Waals surface area contributed by atoms with E-state index < -0.39 is 8.56 Å². The van der Waals surface area contributed by atoms with Crippen LogP contribution >= 0.6 is 0 Å². The molecule has 0 saturated carbocycles. The van der Waals surface area contributed by atoms with Gasteiger partial charge < -0.3 is 8.85 Å². The minimum absolute atomic E-state index is 0.592. The normalized spacial score (nSPS) is 12.9. The minimum Gasteiger partial charge on any atom is -0.394 e. The van der Waals surface area contributed by atoms with Crippen LogP contribution in [0.4, 0.5) is 0 Å². The van der Waals surface area contributed by atoms with Crippen molar-refractivity contribution in [2.75, 3.05) is 13.2 Å². The van der Waals surface area contributed by atoms with Gasteiger partial charge in [-0.05, 0) is 24.9 Å². The van der Waals surface area contributed by atoms with Gasteiger partial charge in [0.25, 0.3) is 0 Å². The summed E-state index contributed by atoms with van der Waals surface area (Å²) in [7, 11) is -1.83. The molecule has 0 saturated heterocycles. The largest absolute Gasteiger partial charge is 0.394 e. The standard InChI is InChI=1S/C10H24O2Si/c1-9(2)7-11-13(5,6)12-8-10(3)4/h9-10H,7-8H2,1-6H3. The highest BCUT2D eigenvalue weighted by atomic mass is 28.4. The quantitative estimate of drug-likeness (QED) is 0.619. The molecule has 2 nitrogen and oxygen atoms in total. The average molecular weight is 204 g/mol. The summed E-state index contributed by atoms with van der Waals surface area (Å²) in [5.74, 6) is 1.18. The van der Waals surface area contributed by atoms with Gasteiger partial charge >= 0.3 is 8.56 Å². The lowest BCUT2D eigenvalue weighted by Crippen LogP contribution is -2.37. The van der Waals surface area contributed by atoms with E-state index in [0.717, 1.165) is 13.2 Å². The predicted molar refractivity (Wildman–Crippen MR) is 59.1 cm³/mol. The van der Waals surface area contributed by atoms with Crippen LogP contribution in [0, 0.1) is 11.8 Å². The number of hydrogen-bond acceptors (Lipinski definition) is 2. The summed E-state index contributed by atoms with van der Waals surface area (Å²) in [6, 6.07) is 0. The third kappa shape index (κ3) is 8.47. The molecule has 0 heterocycles. The van der Waals surface area contributed by atoms with Gasteiger partial charge in [0.15, 0.2) is 0 Å². The Kier molecular flexibility index (Phi) is 5.84. The fourth-order valence-electron chi connectivity index (χ4n) is 0.776. The van der Waals surface area contributed by atoms with Crippen molar-refractivity contribution in [1.29, 1.82) is 0 Å². The Balaban J connectivity index is 3.66. The molecule has 0 aliphatic rings. The molecule has 0 aromatic heterocycles. The Hall–Kier alpha value is 0.137. The van der Waals surface area contributed by atoms with Crippen molar-refractivity contribution in [3.8, 4) is 0 Å². The van der Waals surface area contributed by atoms with Crippen LogP contribution in [0.2, 0.25) is 13.1 Å². The van der Waals surface area contributed by atoms with Crippen LogP contribution in [0.1, 0.15) is 27.7 Å². The lowest BCUT2D eigenvalue weighted by atomic mass is 10.2. The maximum atomic E-state index is 5.76. The van der Waals surface area contributed by atoms with Crippen LogP contribution in [-0.2, 0) is 8.85 Å². The first kappa shape index (κ1) is 13.1. The summed E-state index contributed by atoms with van der Waals surface area (Å²) in [5, 5.41) is 0. The molecule has 0 aromatic carbocycles. The van der Waals surface area contributed by atoms with E-state index in [2.05, 4.69) is 40.8 Å². The molecule has 0 bridgehead atoms. The molecule has 0 rings (SSSR count). The third-order valence-electron chi connectivity index (χ3n) is 1.53. The van der Waals surface area contributed by atoms with Gasteiger partial charge in [0.05, 0.1) is 0 Å². The summed E-state index contributed by atoms with van der Waals surface area (Å²) >= 11 is 0. The summed E-state index contributed by atoms with van der Waals surface area (Å²) in [4.78, 5) is 0. The molecule has 0 fully saturated rings. The van der Waals surface area contributed by atoms with E-state index in [4.69, 9.17) is 8.85 Å². The topological polar surface area (TPSA) is 18.5 Å². The summed E-state index contributed by atoms with van der Waals surface area (Å²) in [6.45, 7) is 14.5. The molecular formula is C10H24O2Si. The maximum absolute atomic E-state index is 5.76. The van der Waals surface area contributed by atoms with Gasteiger partial charge in [0.2, 0.25) is 0 Å². The van der Waals surface area contributed by atoms with Crippen LogP contribution in [0.3, 0.4) is 0 Å². The summed E-state index contributed by atoms with van der Waals surface area (Å²) < 4.78 is 11.5. The van der Waals surface area contributed by atoms with Crippen molar-refractivity contribution in [2.45, 2.75) is 40.8 Å². The van der Waals surface area contributed by atoms with Gasteiger partial charge in [-0.3, -0.25) is 0 Å². The Labute approximate surface area is 83.9 Å². The molecule has 0 aliphatic carbocycles. The molecule has 0 aliphatic heterocycles. The van der Waals surface area contributed by atoms with Crippen LogP contribution in [0.15, 0.2) is 0 Å². The van der Waals surface area contributed by atoms with E-state index >= 15 is 0 Å². The molecule has 13 heavy (non-hydrogen) atoms. The van der Waals surface area contributed by atoms with E-state index in [9.17, 15) is 0 Å². The van der Waals surface area contributed by atoms with Crippen molar-refractivity contribution in [3.05, 3.63) is 0 Å². The van der Waals surface area contributed by atoms with Crippen molar-refractivity contribution in [2.24, 2.45) is 11.8 Å². The first-order chi connectivity index (χ1) is 5.83. The van der Waals surface area contributed by atoms with Crippen molar-refractivity contribution >= 4 is 8.56 Å². The lowest BCUT2D eigenvalue weighted by molar-refractivity contribution is 0.148.